The molecule has 2 aromatic rings. The molecule has 3 rings (SSSR count). The van der Waals surface area contributed by atoms with Crippen LogP contribution in [-0.4, -0.2) is 41.0 Å². The number of ether oxygens (including phenoxy) is 1. The number of hydrogen-bond acceptors (Lipinski definition) is 3. The van der Waals surface area contributed by atoms with Crippen LogP contribution in [-0.2, 0) is 20.7 Å². The van der Waals surface area contributed by atoms with E-state index in [2.05, 4.69) is 4.98 Å². The summed E-state index contributed by atoms with van der Waals surface area (Å²) in [6.07, 6.45) is 4.36. The van der Waals surface area contributed by atoms with Crippen molar-refractivity contribution >= 4 is 22.8 Å². The van der Waals surface area contributed by atoms with Crippen molar-refractivity contribution in [2.45, 2.75) is 38.6 Å². The average molecular weight is 332 g/mol. The minimum absolute atomic E-state index is 0.0991. The molecule has 5 nitrogen and oxygen atoms in total. The van der Waals surface area contributed by atoms with E-state index in [1.165, 1.54) is 12.1 Å². The SMILES string of the molecule is CCOC(=O)C1CCCCN1C(=O)Cc1c[nH]c2cc(F)ccc12. The van der Waals surface area contributed by atoms with Crippen LogP contribution >= 0.6 is 0 Å². The zero-order valence-electron chi connectivity index (χ0n) is 13.7. The van der Waals surface area contributed by atoms with Gasteiger partial charge in [0.2, 0.25) is 5.91 Å². The van der Waals surface area contributed by atoms with Crippen molar-refractivity contribution in [3.05, 3.63) is 35.8 Å². The third-order valence-corrected chi connectivity index (χ3v) is 4.45. The highest BCUT2D eigenvalue weighted by Crippen LogP contribution is 2.23. The zero-order valence-corrected chi connectivity index (χ0v) is 13.7. The predicted octanol–water partition coefficient (Wildman–Crippen LogP) is 2.79. The average Bonchev–Trinajstić information content (AvgIpc) is 2.97. The van der Waals surface area contributed by atoms with Gasteiger partial charge in [-0.25, -0.2) is 9.18 Å². The maximum Gasteiger partial charge on any atom is 0.328 e. The van der Waals surface area contributed by atoms with Crippen molar-refractivity contribution in [1.82, 2.24) is 9.88 Å². The Bertz CT molecular complexity index is 756. The van der Waals surface area contributed by atoms with Gasteiger partial charge in [0.25, 0.3) is 0 Å². The molecule has 1 fully saturated rings. The number of likely N-dealkylation sites (tertiary alicyclic amines) is 1. The van der Waals surface area contributed by atoms with Crippen LogP contribution in [0.25, 0.3) is 10.9 Å². The van der Waals surface area contributed by atoms with Gasteiger partial charge in [0.05, 0.1) is 13.0 Å². The largest absolute Gasteiger partial charge is 0.464 e. The number of nitrogens with zero attached hydrogens (tertiary/aromatic N) is 1. The normalized spacial score (nSPS) is 17.9. The molecule has 1 amide bonds. The summed E-state index contributed by atoms with van der Waals surface area (Å²) in [5.41, 5.74) is 1.47. The summed E-state index contributed by atoms with van der Waals surface area (Å²) in [7, 11) is 0. The van der Waals surface area contributed by atoms with Gasteiger partial charge in [-0.05, 0) is 49.9 Å². The molecule has 1 N–H and O–H groups in total. The molecule has 1 aromatic carbocycles. The lowest BCUT2D eigenvalue weighted by Crippen LogP contribution is -2.49. The zero-order chi connectivity index (χ0) is 17.1. The summed E-state index contributed by atoms with van der Waals surface area (Å²) in [6, 6.07) is 3.97. The van der Waals surface area contributed by atoms with E-state index >= 15 is 0 Å². The van der Waals surface area contributed by atoms with Crippen LogP contribution in [0.4, 0.5) is 4.39 Å². The number of fused-ring (bicyclic) bond motifs is 1. The Morgan fingerprint density at radius 2 is 2.21 bits per heavy atom. The monoisotopic (exact) mass is 332 g/mol. The van der Waals surface area contributed by atoms with Crippen LogP contribution < -0.4 is 0 Å². The number of carbonyl (C=O) groups excluding carboxylic acids is 2. The molecule has 6 heteroatoms. The second-order valence-corrected chi connectivity index (χ2v) is 6.03. The number of amides is 1. The summed E-state index contributed by atoms with van der Waals surface area (Å²) in [6.45, 7) is 2.64. The number of esters is 1. The Kier molecular flexibility index (Phi) is 4.83. The summed E-state index contributed by atoms with van der Waals surface area (Å²) >= 11 is 0. The Hall–Kier alpha value is -2.37. The van der Waals surface area contributed by atoms with Gasteiger partial charge >= 0.3 is 5.97 Å². The van der Waals surface area contributed by atoms with E-state index in [4.69, 9.17) is 4.74 Å². The van der Waals surface area contributed by atoms with Gasteiger partial charge < -0.3 is 14.6 Å². The first-order valence-electron chi connectivity index (χ1n) is 8.31. The number of aromatic amines is 1. The van der Waals surface area contributed by atoms with Crippen LogP contribution in [0.15, 0.2) is 24.4 Å². The van der Waals surface area contributed by atoms with Crippen molar-refractivity contribution in [3.63, 3.8) is 0 Å². The lowest BCUT2D eigenvalue weighted by molar-refractivity contribution is -0.156. The number of piperidine rings is 1. The number of hydrogen-bond donors (Lipinski definition) is 1. The van der Waals surface area contributed by atoms with Gasteiger partial charge in [-0.1, -0.05) is 0 Å². The Morgan fingerprint density at radius 1 is 1.38 bits per heavy atom. The minimum Gasteiger partial charge on any atom is -0.464 e. The van der Waals surface area contributed by atoms with Gasteiger partial charge in [0, 0.05) is 23.6 Å². The first-order valence-corrected chi connectivity index (χ1v) is 8.31. The molecule has 1 saturated heterocycles. The molecule has 0 radical (unpaired) electrons. The predicted molar refractivity (Wildman–Crippen MR) is 87.9 cm³/mol. The number of nitrogens with one attached hydrogen (secondary N) is 1. The molecular formula is C18H21FN2O3. The summed E-state index contributed by atoms with van der Waals surface area (Å²) in [5.74, 6) is -0.745. The summed E-state index contributed by atoms with van der Waals surface area (Å²) < 4.78 is 18.4. The fraction of sp³-hybridized carbons (Fsp3) is 0.444. The number of rotatable bonds is 4. The van der Waals surface area contributed by atoms with Crippen molar-refractivity contribution in [1.29, 1.82) is 0 Å². The van der Waals surface area contributed by atoms with Crippen molar-refractivity contribution in [3.8, 4) is 0 Å². The summed E-state index contributed by atoms with van der Waals surface area (Å²) in [4.78, 5) is 29.4. The van der Waals surface area contributed by atoms with Gasteiger partial charge in [0.1, 0.15) is 11.9 Å². The molecular weight excluding hydrogens is 311 g/mol. The molecule has 1 aromatic heterocycles. The van der Waals surface area contributed by atoms with Gasteiger partial charge in [0.15, 0.2) is 0 Å². The first-order chi connectivity index (χ1) is 11.6. The second-order valence-electron chi connectivity index (χ2n) is 6.03. The fourth-order valence-electron chi connectivity index (χ4n) is 3.28. The number of aromatic nitrogens is 1. The smallest absolute Gasteiger partial charge is 0.328 e. The maximum atomic E-state index is 13.3. The molecule has 128 valence electrons. The standard InChI is InChI=1S/C18H21FN2O3/c1-2-24-18(23)16-5-3-4-8-21(16)17(22)9-12-11-20-15-10-13(19)6-7-14(12)15/h6-7,10-11,16,20H,2-5,8-9H2,1H3. The lowest BCUT2D eigenvalue weighted by Gasteiger charge is -2.34. The van der Waals surface area contributed by atoms with Crippen LogP contribution in [0.2, 0.25) is 0 Å². The molecule has 1 atom stereocenters. The van der Waals surface area contributed by atoms with E-state index in [1.807, 2.05) is 0 Å². The van der Waals surface area contributed by atoms with E-state index in [-0.39, 0.29) is 24.1 Å². The third-order valence-electron chi connectivity index (χ3n) is 4.45. The fourth-order valence-corrected chi connectivity index (χ4v) is 3.28. The number of benzene rings is 1. The van der Waals surface area contributed by atoms with Crippen molar-refractivity contribution in [2.24, 2.45) is 0 Å². The molecule has 0 spiro atoms. The van der Waals surface area contributed by atoms with E-state index in [1.54, 1.807) is 24.1 Å². The number of carbonyl (C=O) groups is 2. The number of halogens is 1. The molecule has 24 heavy (non-hydrogen) atoms. The third kappa shape index (κ3) is 3.27. The number of H-pyrrole nitrogens is 1. The first kappa shape index (κ1) is 16.5. The van der Waals surface area contributed by atoms with E-state index < -0.39 is 6.04 Å². The van der Waals surface area contributed by atoms with Crippen LogP contribution in [0.5, 0.6) is 0 Å². The quantitative estimate of drug-likeness (QED) is 0.876. The molecule has 0 saturated carbocycles. The topological polar surface area (TPSA) is 62.4 Å². The van der Waals surface area contributed by atoms with Crippen LogP contribution in [0.1, 0.15) is 31.7 Å². The highest BCUT2D eigenvalue weighted by molar-refractivity contribution is 5.91. The maximum absolute atomic E-state index is 13.3. The molecule has 0 aliphatic carbocycles. The van der Waals surface area contributed by atoms with E-state index in [9.17, 15) is 14.0 Å². The Labute approximate surface area is 139 Å². The van der Waals surface area contributed by atoms with Crippen LogP contribution in [0, 0.1) is 5.82 Å². The second kappa shape index (κ2) is 7.03. The van der Waals surface area contributed by atoms with E-state index in [0.717, 1.165) is 23.8 Å². The Morgan fingerprint density at radius 3 is 3.00 bits per heavy atom. The van der Waals surface area contributed by atoms with Crippen molar-refractivity contribution in [2.75, 3.05) is 13.2 Å². The molecule has 1 aliphatic heterocycles. The van der Waals surface area contributed by atoms with Crippen LogP contribution in [0.3, 0.4) is 0 Å². The van der Waals surface area contributed by atoms with Gasteiger partial charge in [-0.15, -0.1) is 0 Å². The van der Waals surface area contributed by atoms with Crippen molar-refractivity contribution < 1.29 is 18.7 Å². The van der Waals surface area contributed by atoms with E-state index in [0.29, 0.717) is 25.1 Å². The summed E-state index contributed by atoms with van der Waals surface area (Å²) in [5, 5.41) is 0.828. The highest BCUT2D eigenvalue weighted by atomic mass is 19.1. The molecule has 2 heterocycles. The molecule has 0 bridgehead atoms. The lowest BCUT2D eigenvalue weighted by atomic mass is 10.0. The highest BCUT2D eigenvalue weighted by Gasteiger charge is 2.33. The van der Waals surface area contributed by atoms with Gasteiger partial charge in [-0.3, -0.25) is 4.79 Å². The molecule has 1 aliphatic rings. The minimum atomic E-state index is -0.492. The molecule has 1 unspecified atom stereocenters. The Balaban J connectivity index is 1.78. The van der Waals surface area contributed by atoms with Gasteiger partial charge in [-0.2, -0.15) is 0 Å².